The van der Waals surface area contributed by atoms with E-state index in [0.717, 1.165) is 18.2 Å². The highest BCUT2D eigenvalue weighted by atomic mass is 32.3. The van der Waals surface area contributed by atoms with Gasteiger partial charge in [0, 0.05) is 24.2 Å². The Morgan fingerprint density at radius 3 is 2.59 bits per heavy atom. The molecule has 16 heteroatoms. The van der Waals surface area contributed by atoms with Gasteiger partial charge in [-0.2, -0.15) is 13.5 Å². The summed E-state index contributed by atoms with van der Waals surface area (Å²) >= 11 is 0. The number of hydrogen-bond donors (Lipinski definition) is 4. The molecule has 4 heterocycles. The van der Waals surface area contributed by atoms with Crippen LogP contribution in [0, 0.1) is 11.6 Å². The van der Waals surface area contributed by atoms with E-state index < -0.39 is 33.8 Å². The number of benzene rings is 1. The summed E-state index contributed by atoms with van der Waals surface area (Å²) in [6, 6.07) is 4.50. The Morgan fingerprint density at radius 1 is 1.22 bits per heavy atom. The van der Waals surface area contributed by atoms with E-state index in [1.165, 1.54) is 21.8 Å². The molecule has 2 aromatic heterocycles. The second kappa shape index (κ2) is 9.81. The highest BCUT2D eigenvalue weighted by Crippen LogP contribution is 2.32. The maximum absolute atomic E-state index is 14.4. The van der Waals surface area contributed by atoms with Gasteiger partial charge in [0.15, 0.2) is 11.8 Å². The number of amides is 2. The molecule has 4 N–H and O–H groups in total. The number of β-amino-alcohol motifs (C(OH)–C–C–N with tert-alkyl or cyclic N) is 1. The van der Waals surface area contributed by atoms with E-state index in [1.807, 2.05) is 0 Å². The number of hydrogen-bond acceptors (Lipinski definition) is 8. The molecular formula is C21H21F2N7O6S. The molecule has 2 aliphatic rings. The molecule has 1 atom stereocenters. The summed E-state index contributed by atoms with van der Waals surface area (Å²) in [5.41, 5.74) is -0.0725. The monoisotopic (exact) mass is 537 g/mol. The molecule has 5 rings (SSSR count). The zero-order valence-electron chi connectivity index (χ0n) is 19.1. The fraction of sp³-hybridized carbons (Fsp3) is 0.238. The minimum absolute atomic E-state index is 0.0687. The molecule has 0 aliphatic carbocycles. The number of likely N-dealkylation sites (tertiary alicyclic amines) is 1. The van der Waals surface area contributed by atoms with Crippen LogP contribution in [0.25, 0.3) is 5.65 Å². The Labute approximate surface area is 208 Å². The van der Waals surface area contributed by atoms with Crippen LogP contribution in [0.1, 0.15) is 18.7 Å². The molecule has 2 aliphatic heterocycles. The highest BCUT2D eigenvalue weighted by molar-refractivity contribution is 7.79. The number of fused-ring (bicyclic) bond motifs is 1. The van der Waals surface area contributed by atoms with Crippen molar-refractivity contribution in [1.82, 2.24) is 19.5 Å². The molecule has 2 amide bonds. The van der Waals surface area contributed by atoms with Gasteiger partial charge in [-0.3, -0.25) is 14.1 Å². The van der Waals surface area contributed by atoms with Crippen molar-refractivity contribution in [1.29, 1.82) is 0 Å². The van der Waals surface area contributed by atoms with E-state index in [1.54, 1.807) is 36.4 Å². The fourth-order valence-corrected chi connectivity index (χ4v) is 3.77. The molecule has 0 spiro atoms. The van der Waals surface area contributed by atoms with Gasteiger partial charge < -0.3 is 20.2 Å². The van der Waals surface area contributed by atoms with E-state index in [2.05, 4.69) is 20.4 Å². The number of aliphatic imine (C=N–C) groups is 1. The maximum Gasteiger partial charge on any atom is 0.394 e. The summed E-state index contributed by atoms with van der Waals surface area (Å²) in [7, 11) is -4.67. The van der Waals surface area contributed by atoms with Gasteiger partial charge in [-0.25, -0.2) is 23.1 Å². The first-order valence-corrected chi connectivity index (χ1v) is 12.0. The van der Waals surface area contributed by atoms with E-state index in [0.29, 0.717) is 17.2 Å². The Hall–Kier alpha value is -3.99. The topological polar surface area (TPSA) is 173 Å². The van der Waals surface area contributed by atoms with Crippen LogP contribution in [0.5, 0.6) is 0 Å². The van der Waals surface area contributed by atoms with Gasteiger partial charge in [-0.15, -0.1) is 0 Å². The molecule has 1 fully saturated rings. The molecule has 3 aromatic rings. The van der Waals surface area contributed by atoms with Crippen LogP contribution in [0.2, 0.25) is 0 Å². The van der Waals surface area contributed by atoms with Crippen LogP contribution in [0.4, 0.5) is 25.1 Å². The first-order valence-electron chi connectivity index (χ1n) is 10.6. The number of halogens is 2. The normalized spacial score (nSPS) is 18.3. The Bertz CT molecular complexity index is 1490. The maximum atomic E-state index is 14.4. The predicted octanol–water partition coefficient (Wildman–Crippen LogP) is 2.06. The number of carbonyl (C=O) groups excluding carboxylic acids is 1. The molecule has 0 unspecified atom stereocenters. The van der Waals surface area contributed by atoms with Gasteiger partial charge in [0.1, 0.15) is 23.1 Å². The van der Waals surface area contributed by atoms with Gasteiger partial charge in [0.05, 0.1) is 24.9 Å². The van der Waals surface area contributed by atoms with Crippen molar-refractivity contribution in [3.05, 3.63) is 66.1 Å². The second-order valence-electron chi connectivity index (χ2n) is 8.43. The third-order valence-corrected chi connectivity index (χ3v) is 5.27. The third-order valence-electron chi connectivity index (χ3n) is 5.27. The first-order chi connectivity index (χ1) is 17.3. The van der Waals surface area contributed by atoms with Crippen molar-refractivity contribution in [3.8, 4) is 0 Å². The lowest BCUT2D eigenvalue weighted by atomic mass is 9.98. The molecule has 13 nitrogen and oxygen atoms in total. The number of nitrogens with zero attached hydrogens (tertiary/aromatic N) is 6. The minimum Gasteiger partial charge on any atom is -0.386 e. The van der Waals surface area contributed by atoms with Crippen molar-refractivity contribution in [2.45, 2.75) is 18.7 Å². The second-order valence-corrected chi connectivity index (χ2v) is 9.33. The van der Waals surface area contributed by atoms with Crippen molar-refractivity contribution in [3.63, 3.8) is 0 Å². The predicted molar refractivity (Wildman–Crippen MR) is 128 cm³/mol. The molecule has 196 valence electrons. The van der Waals surface area contributed by atoms with Gasteiger partial charge >= 0.3 is 16.4 Å². The average Bonchev–Trinajstić information content (AvgIpc) is 3.20. The Kier molecular flexibility index (Phi) is 6.92. The van der Waals surface area contributed by atoms with Crippen LogP contribution in [0.3, 0.4) is 0 Å². The van der Waals surface area contributed by atoms with E-state index in [4.69, 9.17) is 17.5 Å². The third kappa shape index (κ3) is 6.23. The number of nitrogens with one attached hydrogen (secondary N) is 1. The van der Waals surface area contributed by atoms with E-state index >= 15 is 0 Å². The van der Waals surface area contributed by atoms with Gasteiger partial charge in [0.25, 0.3) is 0 Å². The zero-order chi connectivity index (χ0) is 27.0. The Balaban J connectivity index is 0.000000586. The summed E-state index contributed by atoms with van der Waals surface area (Å²) in [4.78, 5) is 24.4. The molecule has 0 radical (unpaired) electrons. The smallest absolute Gasteiger partial charge is 0.386 e. The van der Waals surface area contributed by atoms with Crippen molar-refractivity contribution in [2.24, 2.45) is 4.99 Å². The number of carbonyl (C=O) groups is 1. The molecule has 1 aromatic carbocycles. The van der Waals surface area contributed by atoms with Crippen LogP contribution in [0.15, 0.2) is 53.9 Å². The van der Waals surface area contributed by atoms with Gasteiger partial charge in [0.2, 0.25) is 0 Å². The van der Waals surface area contributed by atoms with Crippen molar-refractivity contribution >= 4 is 39.8 Å². The number of urea groups is 1. The summed E-state index contributed by atoms with van der Waals surface area (Å²) in [5.74, 6) is -0.750. The standard InChI is InChI=1S/C21H19F2N7O2.H2O4S/c1-21(32)11-28(12-21)20(31)26-16-10-25-30-8-5-17(27-19(16)30)29-7-2-6-24-18(29)14-9-13(22)3-4-15(14)23;1-5(2,3)4/h2-10,18,32H,11-12H2,1H3,(H,26,31);(H2,1,2,3,4)/t18-;/m1./s1. The fourth-order valence-electron chi connectivity index (χ4n) is 3.77. The molecule has 1 saturated heterocycles. The SMILES string of the molecule is CC1(O)CN(C(=O)Nc2cnn3ccc(N4C=CC=N[C@H]4c4cc(F)ccc4F)nc23)C1.O=S(=O)(O)O. The number of rotatable bonds is 3. The van der Waals surface area contributed by atoms with Crippen LogP contribution < -0.4 is 10.2 Å². The van der Waals surface area contributed by atoms with Crippen LogP contribution >= 0.6 is 0 Å². The Morgan fingerprint density at radius 2 is 1.92 bits per heavy atom. The minimum atomic E-state index is -4.67. The quantitative estimate of drug-likeness (QED) is 0.365. The first kappa shape index (κ1) is 26.1. The lowest BCUT2D eigenvalue weighted by Crippen LogP contribution is -2.62. The number of aliphatic hydroxyl groups is 1. The van der Waals surface area contributed by atoms with Gasteiger partial charge in [-0.1, -0.05) is 0 Å². The number of aromatic nitrogens is 3. The van der Waals surface area contributed by atoms with E-state index in [-0.39, 0.29) is 24.7 Å². The lowest BCUT2D eigenvalue weighted by Gasteiger charge is -2.43. The van der Waals surface area contributed by atoms with Gasteiger partial charge in [-0.05, 0) is 37.3 Å². The molecule has 0 bridgehead atoms. The lowest BCUT2D eigenvalue weighted by molar-refractivity contribution is -0.0581. The molecule has 37 heavy (non-hydrogen) atoms. The summed E-state index contributed by atoms with van der Waals surface area (Å²) in [6.07, 6.45) is 7.10. The van der Waals surface area contributed by atoms with Crippen molar-refractivity contribution < 1.29 is 36.2 Å². The van der Waals surface area contributed by atoms with Crippen molar-refractivity contribution in [2.75, 3.05) is 23.3 Å². The number of allylic oxidation sites excluding steroid dienone is 1. The molecule has 0 saturated carbocycles. The summed E-state index contributed by atoms with van der Waals surface area (Å²) < 4.78 is 61.3. The number of anilines is 2. The average molecular weight is 538 g/mol. The molecular weight excluding hydrogens is 516 g/mol. The van der Waals surface area contributed by atoms with Crippen LogP contribution in [-0.4, -0.2) is 73.1 Å². The highest BCUT2D eigenvalue weighted by Gasteiger charge is 2.39. The summed E-state index contributed by atoms with van der Waals surface area (Å²) in [5, 5.41) is 16.8. The summed E-state index contributed by atoms with van der Waals surface area (Å²) in [6.45, 7) is 2.12. The van der Waals surface area contributed by atoms with E-state index in [9.17, 15) is 18.7 Å². The van der Waals surface area contributed by atoms with Crippen LogP contribution in [-0.2, 0) is 10.4 Å². The largest absolute Gasteiger partial charge is 0.394 e. The zero-order valence-corrected chi connectivity index (χ0v) is 19.9.